The lowest BCUT2D eigenvalue weighted by Crippen LogP contribution is -2.46. The van der Waals surface area contributed by atoms with Crippen molar-refractivity contribution in [3.05, 3.63) is 28.2 Å². The Labute approximate surface area is 145 Å². The zero-order valence-corrected chi connectivity index (χ0v) is 15.4. The first-order valence-electron chi connectivity index (χ1n) is 6.94. The molecule has 0 aliphatic carbocycles. The minimum Gasteiger partial charge on any atom is -0.346 e. The second-order valence-electron chi connectivity index (χ2n) is 5.14. The summed E-state index contributed by atoms with van der Waals surface area (Å²) in [6.45, 7) is 5.74. The van der Waals surface area contributed by atoms with Crippen LogP contribution in [0, 0.1) is 12.8 Å². The Balaban J connectivity index is 0.00000441. The Hall–Kier alpha value is -1.11. The number of nitrogens with two attached hydrogens (primary N) is 1. The van der Waals surface area contributed by atoms with Gasteiger partial charge in [0.05, 0.1) is 12.6 Å². The van der Waals surface area contributed by atoms with Gasteiger partial charge in [0.2, 0.25) is 11.8 Å². The molecule has 2 amide bonds. The number of halogens is 2. The summed E-state index contributed by atoms with van der Waals surface area (Å²) in [6, 6.07) is 4.93. The van der Waals surface area contributed by atoms with Crippen LogP contribution < -0.4 is 16.4 Å². The normalized spacial score (nSPS) is 12.8. The number of carbonyl (C=O) groups is 2. The molecule has 4 N–H and O–H groups in total. The van der Waals surface area contributed by atoms with E-state index < -0.39 is 6.04 Å². The smallest absolute Gasteiger partial charge is 0.243 e. The molecule has 0 aliphatic heterocycles. The van der Waals surface area contributed by atoms with Crippen LogP contribution in [0.3, 0.4) is 0 Å². The molecule has 2 atom stereocenters. The van der Waals surface area contributed by atoms with Gasteiger partial charge in [0.25, 0.3) is 0 Å². The highest BCUT2D eigenvalue weighted by molar-refractivity contribution is 9.10. The second-order valence-corrected chi connectivity index (χ2v) is 6.00. The number of benzene rings is 1. The molecule has 0 spiro atoms. The third-order valence-electron chi connectivity index (χ3n) is 3.42. The molecule has 0 bridgehead atoms. The van der Waals surface area contributed by atoms with Gasteiger partial charge in [-0.3, -0.25) is 9.59 Å². The summed E-state index contributed by atoms with van der Waals surface area (Å²) in [5.41, 5.74) is 7.52. The van der Waals surface area contributed by atoms with Crippen molar-refractivity contribution in [2.24, 2.45) is 11.7 Å². The average Bonchev–Trinajstić information content (AvgIpc) is 2.46. The van der Waals surface area contributed by atoms with E-state index in [9.17, 15) is 9.59 Å². The van der Waals surface area contributed by atoms with E-state index in [4.69, 9.17) is 5.73 Å². The van der Waals surface area contributed by atoms with Crippen molar-refractivity contribution in [1.82, 2.24) is 5.32 Å². The van der Waals surface area contributed by atoms with Crippen molar-refractivity contribution >= 4 is 45.8 Å². The van der Waals surface area contributed by atoms with Crippen LogP contribution in [-0.4, -0.2) is 24.4 Å². The molecular weight excluding hydrogens is 370 g/mol. The van der Waals surface area contributed by atoms with Gasteiger partial charge < -0.3 is 16.4 Å². The monoisotopic (exact) mass is 391 g/mol. The first kappa shape index (κ1) is 20.9. The summed E-state index contributed by atoms with van der Waals surface area (Å²) < 4.78 is 0.980. The zero-order chi connectivity index (χ0) is 16.0. The number of amides is 2. The molecule has 7 heteroatoms. The molecule has 124 valence electrons. The van der Waals surface area contributed by atoms with E-state index in [-0.39, 0.29) is 36.7 Å². The maximum absolute atomic E-state index is 11.8. The predicted molar refractivity (Wildman–Crippen MR) is 95.2 cm³/mol. The highest BCUT2D eigenvalue weighted by atomic mass is 79.9. The lowest BCUT2D eigenvalue weighted by atomic mass is 9.99. The molecule has 0 saturated carbocycles. The van der Waals surface area contributed by atoms with Gasteiger partial charge in [0.15, 0.2) is 0 Å². The van der Waals surface area contributed by atoms with Gasteiger partial charge in [-0.2, -0.15) is 0 Å². The van der Waals surface area contributed by atoms with E-state index in [1.54, 1.807) is 6.07 Å². The van der Waals surface area contributed by atoms with Gasteiger partial charge in [-0.25, -0.2) is 0 Å². The van der Waals surface area contributed by atoms with Crippen molar-refractivity contribution in [3.8, 4) is 0 Å². The maximum Gasteiger partial charge on any atom is 0.243 e. The van der Waals surface area contributed by atoms with E-state index in [0.29, 0.717) is 5.69 Å². The summed E-state index contributed by atoms with van der Waals surface area (Å²) in [6.07, 6.45) is 0.818. The van der Waals surface area contributed by atoms with Crippen LogP contribution in [0.1, 0.15) is 25.8 Å². The Morgan fingerprint density at radius 3 is 2.55 bits per heavy atom. The highest BCUT2D eigenvalue weighted by Crippen LogP contribution is 2.19. The molecule has 1 aromatic rings. The van der Waals surface area contributed by atoms with Crippen molar-refractivity contribution in [2.45, 2.75) is 33.2 Å². The van der Waals surface area contributed by atoms with Crippen molar-refractivity contribution in [2.75, 3.05) is 11.9 Å². The van der Waals surface area contributed by atoms with Gasteiger partial charge >= 0.3 is 0 Å². The minimum atomic E-state index is -0.585. The van der Waals surface area contributed by atoms with Crippen LogP contribution in [0.4, 0.5) is 5.69 Å². The number of nitrogens with one attached hydrogen (secondary N) is 2. The van der Waals surface area contributed by atoms with Crippen LogP contribution >= 0.6 is 28.3 Å². The predicted octanol–water partition coefficient (Wildman–Crippen LogP) is 2.61. The zero-order valence-electron chi connectivity index (χ0n) is 13.0. The number of rotatable bonds is 6. The molecule has 0 aliphatic rings. The standard InChI is InChI=1S/C15H22BrN3O2.ClH/c1-4-9(2)14(17)15(21)18-8-13(20)19-11-5-6-12(16)10(3)7-11;/h5-7,9,14H,4,8,17H2,1-3H3,(H,18,21)(H,19,20);1H. The lowest BCUT2D eigenvalue weighted by Gasteiger charge is -2.17. The Morgan fingerprint density at radius 2 is 2.00 bits per heavy atom. The van der Waals surface area contributed by atoms with Gasteiger partial charge in [-0.15, -0.1) is 12.4 Å². The summed E-state index contributed by atoms with van der Waals surface area (Å²) in [7, 11) is 0. The van der Waals surface area contributed by atoms with Gasteiger partial charge in [-0.1, -0.05) is 36.2 Å². The third-order valence-corrected chi connectivity index (χ3v) is 4.31. The van der Waals surface area contributed by atoms with E-state index in [0.717, 1.165) is 16.5 Å². The van der Waals surface area contributed by atoms with E-state index >= 15 is 0 Å². The first-order chi connectivity index (χ1) is 9.85. The summed E-state index contributed by atoms with van der Waals surface area (Å²) in [4.78, 5) is 23.6. The molecule has 1 rings (SSSR count). The van der Waals surface area contributed by atoms with Crippen LogP contribution in [0.25, 0.3) is 0 Å². The van der Waals surface area contributed by atoms with Crippen LogP contribution in [-0.2, 0) is 9.59 Å². The summed E-state index contributed by atoms with van der Waals surface area (Å²) in [5.74, 6) is -0.491. The molecule has 0 aromatic heterocycles. The maximum atomic E-state index is 11.8. The van der Waals surface area contributed by atoms with Gasteiger partial charge in [0, 0.05) is 10.2 Å². The van der Waals surface area contributed by atoms with E-state index in [1.807, 2.05) is 32.9 Å². The molecule has 2 unspecified atom stereocenters. The molecule has 22 heavy (non-hydrogen) atoms. The second kappa shape index (κ2) is 9.82. The largest absolute Gasteiger partial charge is 0.346 e. The quantitative estimate of drug-likeness (QED) is 0.696. The van der Waals surface area contributed by atoms with Crippen LogP contribution in [0.15, 0.2) is 22.7 Å². The Bertz CT molecular complexity index is 526. The Morgan fingerprint density at radius 1 is 1.36 bits per heavy atom. The first-order valence-corrected chi connectivity index (χ1v) is 7.73. The molecule has 1 aromatic carbocycles. The van der Waals surface area contributed by atoms with Crippen LogP contribution in [0.2, 0.25) is 0 Å². The average molecular weight is 393 g/mol. The number of hydrogen-bond acceptors (Lipinski definition) is 3. The fraction of sp³-hybridized carbons (Fsp3) is 0.467. The van der Waals surface area contributed by atoms with Crippen molar-refractivity contribution in [1.29, 1.82) is 0 Å². The fourth-order valence-corrected chi connectivity index (χ4v) is 1.97. The lowest BCUT2D eigenvalue weighted by molar-refractivity contribution is -0.125. The number of hydrogen-bond donors (Lipinski definition) is 3. The molecule has 0 fully saturated rings. The number of aryl methyl sites for hydroxylation is 1. The molecule has 0 radical (unpaired) electrons. The SMILES string of the molecule is CCC(C)C(N)C(=O)NCC(=O)Nc1ccc(Br)c(C)c1.Cl. The van der Waals surface area contributed by atoms with Gasteiger partial charge in [-0.05, 0) is 36.6 Å². The van der Waals surface area contributed by atoms with E-state index in [2.05, 4.69) is 26.6 Å². The van der Waals surface area contributed by atoms with Crippen molar-refractivity contribution in [3.63, 3.8) is 0 Å². The molecule has 5 nitrogen and oxygen atoms in total. The topological polar surface area (TPSA) is 84.2 Å². The molecular formula is C15H23BrClN3O2. The van der Waals surface area contributed by atoms with Crippen LogP contribution in [0.5, 0.6) is 0 Å². The van der Waals surface area contributed by atoms with Gasteiger partial charge in [0.1, 0.15) is 0 Å². The number of carbonyl (C=O) groups excluding carboxylic acids is 2. The summed E-state index contributed by atoms with van der Waals surface area (Å²) in [5, 5.41) is 5.29. The Kier molecular flexibility index (Phi) is 9.32. The molecule has 0 heterocycles. The summed E-state index contributed by atoms with van der Waals surface area (Å²) >= 11 is 3.40. The fourth-order valence-electron chi connectivity index (χ4n) is 1.73. The third kappa shape index (κ3) is 6.34. The minimum absolute atomic E-state index is 0. The van der Waals surface area contributed by atoms with E-state index in [1.165, 1.54) is 0 Å². The highest BCUT2D eigenvalue weighted by Gasteiger charge is 2.19. The molecule has 0 saturated heterocycles. The van der Waals surface area contributed by atoms with Crippen molar-refractivity contribution < 1.29 is 9.59 Å². The number of anilines is 1.